The fourth-order valence-corrected chi connectivity index (χ4v) is 6.53. The Bertz CT molecular complexity index is 811. The highest BCUT2D eigenvalue weighted by atomic mass is 32.2. The van der Waals surface area contributed by atoms with Crippen LogP contribution in [-0.4, -0.2) is 86.3 Å². The van der Waals surface area contributed by atoms with Gasteiger partial charge in [-0.25, -0.2) is 8.42 Å². The van der Waals surface area contributed by atoms with E-state index in [0.29, 0.717) is 19.5 Å². The smallest absolute Gasteiger partial charge is 0.214 e. The summed E-state index contributed by atoms with van der Waals surface area (Å²) in [5, 5.41) is 14.0. The van der Waals surface area contributed by atoms with Crippen LogP contribution >= 0.6 is 0 Å². The Morgan fingerprint density at radius 2 is 1.79 bits per heavy atom. The summed E-state index contributed by atoms with van der Waals surface area (Å²) in [5.74, 6) is 0.497. The van der Waals surface area contributed by atoms with Gasteiger partial charge in [-0.3, -0.25) is 15.3 Å². The molecule has 192 valence electrons. The maximum Gasteiger partial charge on any atom is 0.214 e. The first-order valence-corrected chi connectivity index (χ1v) is 14.4. The summed E-state index contributed by atoms with van der Waals surface area (Å²) >= 11 is 0. The minimum absolute atomic E-state index is 0.169. The molecule has 1 saturated heterocycles. The molecular formula is C24H42N6O3S. The molecule has 1 aromatic rings. The van der Waals surface area contributed by atoms with Gasteiger partial charge in [0.05, 0.1) is 19.0 Å². The molecule has 2 aliphatic rings. The molecule has 3 rings (SSSR count). The third kappa shape index (κ3) is 9.48. The van der Waals surface area contributed by atoms with Crippen LogP contribution in [0.1, 0.15) is 57.8 Å². The number of rotatable bonds is 13. The highest BCUT2D eigenvalue weighted by Crippen LogP contribution is 2.25. The molecule has 0 spiro atoms. The Morgan fingerprint density at radius 3 is 2.53 bits per heavy atom. The molecule has 1 saturated carbocycles. The van der Waals surface area contributed by atoms with E-state index in [9.17, 15) is 8.42 Å². The van der Waals surface area contributed by atoms with E-state index in [1.165, 1.54) is 6.42 Å². The highest BCUT2D eigenvalue weighted by Gasteiger charge is 2.31. The second kappa shape index (κ2) is 14.6. The Kier molecular flexibility index (Phi) is 11.5. The quantitative estimate of drug-likeness (QED) is 0.220. The van der Waals surface area contributed by atoms with Gasteiger partial charge >= 0.3 is 0 Å². The molecule has 1 aliphatic carbocycles. The van der Waals surface area contributed by atoms with Gasteiger partial charge in [-0.1, -0.05) is 32.1 Å². The van der Waals surface area contributed by atoms with Gasteiger partial charge in [0.2, 0.25) is 10.0 Å². The van der Waals surface area contributed by atoms with Gasteiger partial charge < -0.3 is 15.4 Å². The van der Waals surface area contributed by atoms with E-state index in [0.717, 1.165) is 83.5 Å². The van der Waals surface area contributed by atoms with Crippen LogP contribution in [0.25, 0.3) is 0 Å². The van der Waals surface area contributed by atoms with Crippen LogP contribution in [0.5, 0.6) is 0 Å². The van der Waals surface area contributed by atoms with Gasteiger partial charge in [-0.15, -0.1) is 0 Å². The number of pyridine rings is 1. The predicted octanol–water partition coefficient (Wildman–Crippen LogP) is 2.87. The Labute approximate surface area is 205 Å². The lowest BCUT2D eigenvalue weighted by Gasteiger charge is -2.35. The van der Waals surface area contributed by atoms with E-state index in [1.54, 1.807) is 12.4 Å². The van der Waals surface area contributed by atoms with Crippen molar-refractivity contribution >= 4 is 21.7 Å². The fourth-order valence-electron chi connectivity index (χ4n) is 4.70. The lowest BCUT2D eigenvalue weighted by atomic mass is 9.95. The molecule has 2 heterocycles. The van der Waals surface area contributed by atoms with Crippen molar-refractivity contribution in [2.24, 2.45) is 0 Å². The minimum Gasteiger partial charge on any atom is -0.379 e. The standard InChI is InChI=1S/C24H42N6O3S/c25-24(28-22-10-13-26-14-11-22)27-12-6-1-2-7-21-34(31,32)30(23-8-4-3-5-9-23)16-15-29-17-19-33-20-18-29/h10-11,13-14,23H,1-9,12,15-21H2,(H3,25,26,27,28). The molecule has 9 nitrogen and oxygen atoms in total. The van der Waals surface area contributed by atoms with Crippen molar-refractivity contribution in [1.82, 2.24) is 19.5 Å². The van der Waals surface area contributed by atoms with Gasteiger partial charge in [0.1, 0.15) is 0 Å². The molecule has 34 heavy (non-hydrogen) atoms. The van der Waals surface area contributed by atoms with Crippen LogP contribution in [0.15, 0.2) is 24.5 Å². The second-order valence-corrected chi connectivity index (χ2v) is 11.3. The molecule has 0 unspecified atom stereocenters. The second-order valence-electron chi connectivity index (χ2n) is 9.25. The highest BCUT2D eigenvalue weighted by molar-refractivity contribution is 7.89. The van der Waals surface area contributed by atoms with E-state index in [1.807, 2.05) is 16.4 Å². The van der Waals surface area contributed by atoms with Crippen LogP contribution in [0.4, 0.5) is 5.69 Å². The average Bonchev–Trinajstić information content (AvgIpc) is 2.85. The molecule has 3 N–H and O–H groups in total. The molecule has 0 amide bonds. The molecular weight excluding hydrogens is 452 g/mol. The maximum atomic E-state index is 13.3. The minimum atomic E-state index is -3.25. The Hall–Kier alpha value is -1.75. The lowest BCUT2D eigenvalue weighted by Crippen LogP contribution is -2.48. The van der Waals surface area contributed by atoms with Crippen molar-refractivity contribution in [3.8, 4) is 0 Å². The monoisotopic (exact) mass is 494 g/mol. The van der Waals surface area contributed by atoms with Gasteiger partial charge in [0.15, 0.2) is 5.96 Å². The first kappa shape index (κ1) is 26.8. The number of aromatic nitrogens is 1. The summed E-state index contributed by atoms with van der Waals surface area (Å²) in [6, 6.07) is 3.80. The van der Waals surface area contributed by atoms with E-state index >= 15 is 0 Å². The van der Waals surface area contributed by atoms with Crippen molar-refractivity contribution in [1.29, 1.82) is 5.41 Å². The van der Waals surface area contributed by atoms with Gasteiger partial charge in [-0.2, -0.15) is 4.31 Å². The zero-order valence-electron chi connectivity index (χ0n) is 20.4. The van der Waals surface area contributed by atoms with E-state index < -0.39 is 10.0 Å². The molecule has 0 aromatic carbocycles. The van der Waals surface area contributed by atoms with E-state index in [2.05, 4.69) is 20.5 Å². The fraction of sp³-hybridized carbons (Fsp3) is 0.750. The SMILES string of the molecule is N=C(NCCCCCCS(=O)(=O)N(CCN1CCOCC1)C1CCCCC1)Nc1ccncc1. The summed E-state index contributed by atoms with van der Waals surface area (Å²) in [6.45, 7) is 5.35. The van der Waals surface area contributed by atoms with Gasteiger partial charge in [0, 0.05) is 56.8 Å². The van der Waals surface area contributed by atoms with Gasteiger partial charge in [-0.05, 0) is 37.8 Å². The molecule has 2 fully saturated rings. The number of unbranched alkanes of at least 4 members (excludes halogenated alkanes) is 3. The number of guanidine groups is 1. The van der Waals surface area contributed by atoms with Gasteiger partial charge in [0.25, 0.3) is 0 Å². The van der Waals surface area contributed by atoms with Crippen LogP contribution in [0.3, 0.4) is 0 Å². The number of morpholine rings is 1. The van der Waals surface area contributed by atoms with Crippen LogP contribution < -0.4 is 10.6 Å². The predicted molar refractivity (Wildman–Crippen MR) is 137 cm³/mol. The number of hydrogen-bond acceptors (Lipinski definition) is 6. The average molecular weight is 495 g/mol. The largest absolute Gasteiger partial charge is 0.379 e. The van der Waals surface area contributed by atoms with Crippen molar-refractivity contribution < 1.29 is 13.2 Å². The third-order valence-electron chi connectivity index (χ3n) is 6.66. The van der Waals surface area contributed by atoms with Crippen LogP contribution in [0, 0.1) is 5.41 Å². The summed E-state index contributed by atoms with van der Waals surface area (Å²) in [6.07, 6.45) is 12.3. The zero-order valence-corrected chi connectivity index (χ0v) is 21.2. The number of sulfonamides is 1. The summed E-state index contributed by atoms with van der Waals surface area (Å²) < 4.78 is 33.8. The van der Waals surface area contributed by atoms with Crippen molar-refractivity contribution in [3.05, 3.63) is 24.5 Å². The van der Waals surface area contributed by atoms with Crippen LogP contribution in [0.2, 0.25) is 0 Å². The number of anilines is 1. The first-order chi connectivity index (χ1) is 16.5. The number of ether oxygens (including phenoxy) is 1. The van der Waals surface area contributed by atoms with Crippen molar-refractivity contribution in [2.45, 2.75) is 63.8 Å². The molecule has 0 bridgehead atoms. The molecule has 0 radical (unpaired) electrons. The maximum absolute atomic E-state index is 13.3. The Morgan fingerprint density at radius 1 is 1.09 bits per heavy atom. The molecule has 10 heteroatoms. The van der Waals surface area contributed by atoms with Crippen molar-refractivity contribution in [2.75, 3.05) is 57.0 Å². The summed E-state index contributed by atoms with van der Waals surface area (Å²) in [7, 11) is -3.25. The topological polar surface area (TPSA) is 111 Å². The third-order valence-corrected chi connectivity index (χ3v) is 8.66. The van der Waals surface area contributed by atoms with E-state index in [-0.39, 0.29) is 17.8 Å². The zero-order chi connectivity index (χ0) is 24.1. The first-order valence-electron chi connectivity index (χ1n) is 12.8. The molecule has 1 aromatic heterocycles. The number of hydrogen-bond donors (Lipinski definition) is 3. The van der Waals surface area contributed by atoms with Crippen LogP contribution in [-0.2, 0) is 14.8 Å². The number of nitrogens with one attached hydrogen (secondary N) is 3. The normalized spacial score (nSPS) is 18.1. The Balaban J connectivity index is 1.35. The molecule has 1 aliphatic heterocycles. The lowest BCUT2D eigenvalue weighted by molar-refractivity contribution is 0.0348. The number of nitrogens with zero attached hydrogens (tertiary/aromatic N) is 3. The van der Waals surface area contributed by atoms with E-state index in [4.69, 9.17) is 10.1 Å². The molecule has 0 atom stereocenters. The summed E-state index contributed by atoms with van der Waals surface area (Å²) in [5.41, 5.74) is 0.828. The van der Waals surface area contributed by atoms with Crippen molar-refractivity contribution in [3.63, 3.8) is 0 Å². The summed E-state index contributed by atoms with van der Waals surface area (Å²) in [4.78, 5) is 6.28.